The molecule has 2 aliphatic rings. The molecular weight excluding hydrogens is 677 g/mol. The van der Waals surface area contributed by atoms with E-state index in [9.17, 15) is 0 Å². The molecule has 1 atom stereocenters. The highest BCUT2D eigenvalue weighted by atomic mass is 15.0. The molecule has 11 aromatic rings. The van der Waals surface area contributed by atoms with Crippen LogP contribution in [0.15, 0.2) is 182 Å². The average molecular weight is 709 g/mol. The summed E-state index contributed by atoms with van der Waals surface area (Å²) in [4.78, 5) is 4.88. The summed E-state index contributed by atoms with van der Waals surface area (Å²) in [6.07, 6.45) is 6.55. The zero-order valence-electron chi connectivity index (χ0n) is 30.4. The van der Waals surface area contributed by atoms with Crippen molar-refractivity contribution in [3.05, 3.63) is 216 Å². The van der Waals surface area contributed by atoms with Crippen LogP contribution in [0.2, 0.25) is 0 Å². The molecule has 0 aliphatic heterocycles. The Labute approximate surface area is 323 Å². The maximum Gasteiger partial charge on any atom is 0.145 e. The van der Waals surface area contributed by atoms with Crippen molar-refractivity contribution < 1.29 is 0 Å². The normalized spacial score (nSPS) is 15.5. The molecular formula is C54H32N2. The molecule has 1 spiro atoms. The van der Waals surface area contributed by atoms with E-state index in [4.69, 9.17) is 4.98 Å². The van der Waals surface area contributed by atoms with Gasteiger partial charge in [0.15, 0.2) is 0 Å². The molecule has 0 saturated heterocycles. The fraction of sp³-hybridized carbons (Fsp3) is 0.0185. The van der Waals surface area contributed by atoms with Gasteiger partial charge in [0.1, 0.15) is 5.65 Å². The molecule has 2 nitrogen and oxygen atoms in total. The van der Waals surface area contributed by atoms with Crippen molar-refractivity contribution >= 4 is 66.4 Å². The predicted octanol–water partition coefficient (Wildman–Crippen LogP) is 13.6. The Balaban J connectivity index is 1.12. The number of aromatic nitrogens is 2. The van der Waals surface area contributed by atoms with Crippen LogP contribution in [0.25, 0.3) is 94.3 Å². The van der Waals surface area contributed by atoms with Gasteiger partial charge in [0.25, 0.3) is 0 Å². The predicted molar refractivity (Wildman–Crippen MR) is 234 cm³/mol. The van der Waals surface area contributed by atoms with E-state index in [0.29, 0.717) is 0 Å². The molecule has 2 aliphatic carbocycles. The van der Waals surface area contributed by atoms with E-state index in [0.717, 1.165) is 22.2 Å². The van der Waals surface area contributed by atoms with E-state index in [1.165, 1.54) is 93.3 Å². The molecule has 1 unspecified atom stereocenters. The number of para-hydroxylation sites is 1. The Morgan fingerprint density at radius 1 is 0.429 bits per heavy atom. The van der Waals surface area contributed by atoms with Crippen LogP contribution in [0.1, 0.15) is 33.4 Å². The van der Waals surface area contributed by atoms with Gasteiger partial charge in [-0.25, -0.2) is 4.98 Å². The molecule has 258 valence electrons. The summed E-state index contributed by atoms with van der Waals surface area (Å²) >= 11 is 0. The van der Waals surface area contributed by atoms with Gasteiger partial charge in [-0.15, -0.1) is 0 Å². The summed E-state index contributed by atoms with van der Waals surface area (Å²) in [7, 11) is 0. The lowest BCUT2D eigenvalue weighted by Crippen LogP contribution is -2.30. The molecule has 2 aromatic heterocycles. The van der Waals surface area contributed by atoms with E-state index < -0.39 is 5.41 Å². The average Bonchev–Trinajstić information content (AvgIpc) is 3.69. The molecule has 0 saturated carbocycles. The third-order valence-electron chi connectivity index (χ3n) is 12.8. The highest BCUT2D eigenvalue weighted by molar-refractivity contribution is 6.27. The monoisotopic (exact) mass is 708 g/mol. The number of nitrogens with zero attached hydrogens (tertiary/aromatic N) is 2. The van der Waals surface area contributed by atoms with Crippen LogP contribution in [0, 0.1) is 0 Å². The van der Waals surface area contributed by atoms with E-state index >= 15 is 0 Å². The minimum Gasteiger partial charge on any atom is -0.294 e. The van der Waals surface area contributed by atoms with Gasteiger partial charge in [-0.1, -0.05) is 140 Å². The number of rotatable bonds is 2. The molecule has 56 heavy (non-hydrogen) atoms. The van der Waals surface area contributed by atoms with E-state index in [2.05, 4.69) is 187 Å². The first-order valence-corrected chi connectivity index (χ1v) is 19.5. The SMILES string of the molecule is C1=Cc2ccc(-c3ccc4c(c3)c3cccnc3n4-c3ccccc3)cc2C2(c3ccccc31)c1ccccc1-c1c2cc2ccc3cccc4ccc1c2c34. The second kappa shape index (κ2) is 10.9. The molecule has 0 fully saturated rings. The first-order chi connectivity index (χ1) is 27.8. The summed E-state index contributed by atoms with van der Waals surface area (Å²) < 4.78 is 2.28. The number of hydrogen-bond donors (Lipinski definition) is 0. The Morgan fingerprint density at radius 2 is 1.16 bits per heavy atom. The molecule has 0 amide bonds. The van der Waals surface area contributed by atoms with Gasteiger partial charge >= 0.3 is 0 Å². The zero-order valence-corrected chi connectivity index (χ0v) is 30.4. The van der Waals surface area contributed by atoms with Gasteiger partial charge in [-0.05, 0) is 136 Å². The standard InChI is InChI=1S/C54H32N2/c1-2-13-40(14-3-1)56-49-28-26-37(30-44(49)41-16-9-29-55-53(41)56)38-23-21-34-20-19-33-10-4-6-17-45(33)54(47(34)31-38)46-18-7-5-15-42(46)52-43-27-25-36-12-8-11-35-22-24-39(32-48(52)54)51(43)50(35)36/h1-32H. The molecule has 0 radical (unpaired) electrons. The topological polar surface area (TPSA) is 17.8 Å². The summed E-state index contributed by atoms with van der Waals surface area (Å²) in [6, 6.07) is 65.7. The first-order valence-electron chi connectivity index (χ1n) is 19.5. The lowest BCUT2D eigenvalue weighted by molar-refractivity contribution is 0.768. The van der Waals surface area contributed by atoms with Gasteiger partial charge in [0, 0.05) is 22.7 Å². The third kappa shape index (κ3) is 3.78. The maximum atomic E-state index is 4.88. The summed E-state index contributed by atoms with van der Waals surface area (Å²) in [5, 5.41) is 10.3. The van der Waals surface area contributed by atoms with E-state index in [1.54, 1.807) is 0 Å². The third-order valence-corrected chi connectivity index (χ3v) is 12.8. The number of hydrogen-bond acceptors (Lipinski definition) is 1. The van der Waals surface area contributed by atoms with Crippen LogP contribution < -0.4 is 0 Å². The number of pyridine rings is 1. The molecule has 9 aromatic carbocycles. The quantitative estimate of drug-likeness (QED) is 0.164. The summed E-state index contributed by atoms with van der Waals surface area (Å²) in [5.41, 5.74) is 15.6. The fourth-order valence-electron chi connectivity index (χ4n) is 10.5. The minimum atomic E-state index is -0.542. The molecule has 0 bridgehead atoms. The van der Waals surface area contributed by atoms with Gasteiger partial charge < -0.3 is 0 Å². The smallest absolute Gasteiger partial charge is 0.145 e. The van der Waals surface area contributed by atoms with Gasteiger partial charge in [-0.2, -0.15) is 0 Å². The van der Waals surface area contributed by atoms with Crippen LogP contribution in [-0.2, 0) is 5.41 Å². The Kier molecular flexibility index (Phi) is 5.86. The van der Waals surface area contributed by atoms with Crippen LogP contribution in [0.3, 0.4) is 0 Å². The van der Waals surface area contributed by atoms with Crippen molar-refractivity contribution in [3.63, 3.8) is 0 Å². The highest BCUT2D eigenvalue weighted by Gasteiger charge is 2.49. The van der Waals surface area contributed by atoms with Crippen molar-refractivity contribution in [2.45, 2.75) is 5.41 Å². The lowest BCUT2D eigenvalue weighted by Gasteiger charge is -2.36. The second-order valence-electron chi connectivity index (χ2n) is 15.5. The van der Waals surface area contributed by atoms with E-state index in [-0.39, 0.29) is 0 Å². The molecule has 0 N–H and O–H groups in total. The van der Waals surface area contributed by atoms with Crippen molar-refractivity contribution in [2.75, 3.05) is 0 Å². The number of benzene rings is 9. The molecule has 13 rings (SSSR count). The van der Waals surface area contributed by atoms with Crippen LogP contribution in [0.4, 0.5) is 0 Å². The van der Waals surface area contributed by atoms with Gasteiger partial charge in [0.05, 0.1) is 10.9 Å². The van der Waals surface area contributed by atoms with Crippen molar-refractivity contribution in [1.82, 2.24) is 9.55 Å². The van der Waals surface area contributed by atoms with Crippen molar-refractivity contribution in [3.8, 4) is 27.9 Å². The Hall–Kier alpha value is -7.29. The molecule has 2 heterocycles. The van der Waals surface area contributed by atoms with Crippen molar-refractivity contribution in [1.29, 1.82) is 0 Å². The molecule has 2 heteroatoms. The first kappa shape index (κ1) is 30.1. The lowest BCUT2D eigenvalue weighted by atomic mass is 9.65. The maximum absolute atomic E-state index is 4.88. The van der Waals surface area contributed by atoms with Gasteiger partial charge in [-0.3, -0.25) is 4.57 Å². The zero-order chi connectivity index (χ0) is 36.5. The fourth-order valence-corrected chi connectivity index (χ4v) is 10.5. The number of fused-ring (bicyclic) bond motifs is 13. The van der Waals surface area contributed by atoms with Crippen LogP contribution in [0.5, 0.6) is 0 Å². The largest absolute Gasteiger partial charge is 0.294 e. The Morgan fingerprint density at radius 3 is 2.05 bits per heavy atom. The summed E-state index contributed by atoms with van der Waals surface area (Å²) in [5.74, 6) is 0. The minimum absolute atomic E-state index is 0.542. The second-order valence-corrected chi connectivity index (χ2v) is 15.5. The van der Waals surface area contributed by atoms with Crippen molar-refractivity contribution in [2.24, 2.45) is 0 Å². The van der Waals surface area contributed by atoms with E-state index in [1.807, 2.05) is 12.3 Å². The van der Waals surface area contributed by atoms with Crippen LogP contribution >= 0.6 is 0 Å². The van der Waals surface area contributed by atoms with Gasteiger partial charge in [0.2, 0.25) is 0 Å². The van der Waals surface area contributed by atoms with Crippen LogP contribution in [-0.4, -0.2) is 9.55 Å². The highest BCUT2D eigenvalue weighted by Crippen LogP contribution is 2.61. The Bertz CT molecular complexity index is 3460. The summed E-state index contributed by atoms with van der Waals surface area (Å²) in [6.45, 7) is 0.